The second kappa shape index (κ2) is 5.16. The van der Waals surface area contributed by atoms with Gasteiger partial charge in [-0.15, -0.1) is 0 Å². The minimum atomic E-state index is -4.47. The number of halogens is 7. The van der Waals surface area contributed by atoms with Crippen LogP contribution in [0.2, 0.25) is 0 Å². The number of benzene rings is 1. The molecule has 17 heavy (non-hydrogen) atoms. The largest absolute Gasteiger partial charge is 0.481 e. The summed E-state index contributed by atoms with van der Waals surface area (Å²) in [6, 6.07) is 1.53. The van der Waals surface area contributed by atoms with Crippen LogP contribution < -0.4 is 4.74 Å². The maximum Gasteiger partial charge on any atom is 0.340 e. The van der Waals surface area contributed by atoms with Crippen molar-refractivity contribution in [3.63, 3.8) is 0 Å². The van der Waals surface area contributed by atoms with Crippen molar-refractivity contribution in [1.82, 2.24) is 0 Å². The molecule has 1 nitrogen and oxygen atoms in total. The van der Waals surface area contributed by atoms with Crippen molar-refractivity contribution in [2.45, 2.75) is 12.3 Å². The van der Waals surface area contributed by atoms with Crippen molar-refractivity contribution in [3.8, 4) is 5.75 Å². The van der Waals surface area contributed by atoms with Crippen molar-refractivity contribution in [1.29, 1.82) is 0 Å². The second-order valence-corrected chi connectivity index (χ2v) is 3.96. The number of hydrogen-bond donors (Lipinski definition) is 0. The Balaban J connectivity index is 2.83. The summed E-state index contributed by atoms with van der Waals surface area (Å²) in [5, 5.41) is 0. The fourth-order valence-electron chi connectivity index (χ4n) is 0.898. The molecule has 1 aromatic rings. The fourth-order valence-corrected chi connectivity index (χ4v) is 1.30. The van der Waals surface area contributed by atoms with Gasteiger partial charge in [0.05, 0.1) is 0 Å². The number of rotatable bonds is 4. The molecule has 0 N–H and O–H groups in total. The summed E-state index contributed by atoms with van der Waals surface area (Å²) in [6.45, 7) is -1.81. The standard InChI is InChI=1S/C9H5BrF6O/c10-4-1-5(11)7(6(12)2-4)17-3-9(15,16)8(13)14/h1-2,8H,3H2. The van der Waals surface area contributed by atoms with Crippen LogP contribution in [-0.4, -0.2) is 19.0 Å². The molecule has 0 spiro atoms. The molecule has 0 aliphatic carbocycles. The lowest BCUT2D eigenvalue weighted by Crippen LogP contribution is -2.34. The second-order valence-electron chi connectivity index (χ2n) is 3.05. The molecule has 0 aliphatic rings. The first-order chi connectivity index (χ1) is 7.74. The maximum atomic E-state index is 13.1. The Morgan fingerprint density at radius 1 is 1.18 bits per heavy atom. The minimum Gasteiger partial charge on any atom is -0.481 e. The molecule has 0 amide bonds. The van der Waals surface area contributed by atoms with Crippen molar-refractivity contribution in [2.75, 3.05) is 6.61 Å². The van der Waals surface area contributed by atoms with E-state index in [0.29, 0.717) is 0 Å². The molecule has 1 rings (SSSR count). The summed E-state index contributed by atoms with van der Waals surface area (Å²) in [6.07, 6.45) is -3.97. The number of ether oxygens (including phenoxy) is 1. The lowest BCUT2D eigenvalue weighted by molar-refractivity contribution is -0.148. The van der Waals surface area contributed by atoms with E-state index in [1.54, 1.807) is 0 Å². The predicted molar refractivity (Wildman–Crippen MR) is 50.5 cm³/mol. The molecule has 0 saturated carbocycles. The molecule has 96 valence electrons. The first kappa shape index (κ1) is 14.1. The molecule has 0 fully saturated rings. The zero-order valence-corrected chi connectivity index (χ0v) is 9.58. The number of hydrogen-bond acceptors (Lipinski definition) is 1. The average Bonchev–Trinajstić information content (AvgIpc) is 2.15. The zero-order valence-electron chi connectivity index (χ0n) is 7.99. The van der Waals surface area contributed by atoms with Gasteiger partial charge in [-0.3, -0.25) is 0 Å². The summed E-state index contributed by atoms with van der Waals surface area (Å²) in [5.41, 5.74) is 0. The molecule has 0 saturated heterocycles. The van der Waals surface area contributed by atoms with Crippen LogP contribution in [0.1, 0.15) is 0 Å². The van der Waals surface area contributed by atoms with Crippen molar-refractivity contribution < 1.29 is 31.1 Å². The Hall–Kier alpha value is -0.920. The van der Waals surface area contributed by atoms with Crippen LogP contribution in [0.15, 0.2) is 16.6 Å². The van der Waals surface area contributed by atoms with Crippen molar-refractivity contribution >= 4 is 15.9 Å². The maximum absolute atomic E-state index is 13.1. The normalized spacial score (nSPS) is 12.0. The van der Waals surface area contributed by atoms with Crippen LogP contribution in [0.4, 0.5) is 26.3 Å². The van der Waals surface area contributed by atoms with Crippen LogP contribution in [0.25, 0.3) is 0 Å². The Labute approximate surface area is 101 Å². The third kappa shape index (κ3) is 3.52. The van der Waals surface area contributed by atoms with E-state index in [-0.39, 0.29) is 4.47 Å². The van der Waals surface area contributed by atoms with Crippen LogP contribution in [0.5, 0.6) is 5.75 Å². The van der Waals surface area contributed by atoms with Crippen LogP contribution in [-0.2, 0) is 0 Å². The zero-order chi connectivity index (χ0) is 13.2. The molecule has 0 unspecified atom stereocenters. The molecule has 8 heteroatoms. The molecule has 1 aromatic carbocycles. The molecule has 0 heterocycles. The Morgan fingerprint density at radius 3 is 2.06 bits per heavy atom. The molecule has 0 atom stereocenters. The van der Waals surface area contributed by atoms with E-state index in [1.807, 2.05) is 0 Å². The fraction of sp³-hybridized carbons (Fsp3) is 0.333. The molecular formula is C9H5BrF6O. The van der Waals surface area contributed by atoms with Gasteiger partial charge in [0.1, 0.15) is 0 Å². The Bertz CT molecular complexity index is 385. The minimum absolute atomic E-state index is 0.0282. The van der Waals surface area contributed by atoms with E-state index in [1.165, 1.54) is 0 Å². The summed E-state index contributed by atoms with van der Waals surface area (Å²) in [4.78, 5) is 0. The molecule has 0 aliphatic heterocycles. The van der Waals surface area contributed by atoms with Gasteiger partial charge >= 0.3 is 12.3 Å². The molecule has 0 radical (unpaired) electrons. The highest BCUT2D eigenvalue weighted by molar-refractivity contribution is 9.10. The first-order valence-electron chi connectivity index (χ1n) is 4.17. The summed E-state index contributed by atoms with van der Waals surface area (Å²) in [7, 11) is 0. The van der Waals surface area contributed by atoms with Crippen molar-refractivity contribution in [3.05, 3.63) is 28.2 Å². The molecule has 0 aromatic heterocycles. The topological polar surface area (TPSA) is 9.23 Å². The lowest BCUT2D eigenvalue weighted by atomic mass is 10.3. The Morgan fingerprint density at radius 2 is 1.65 bits per heavy atom. The summed E-state index contributed by atoms with van der Waals surface area (Å²) in [5.74, 6) is -8.11. The predicted octanol–water partition coefficient (Wildman–Crippen LogP) is 4.01. The van der Waals surface area contributed by atoms with Gasteiger partial charge < -0.3 is 4.74 Å². The van der Waals surface area contributed by atoms with Gasteiger partial charge in [0, 0.05) is 4.47 Å². The molecule has 0 bridgehead atoms. The SMILES string of the molecule is Fc1cc(Br)cc(F)c1OCC(F)(F)C(F)F. The van der Waals surface area contributed by atoms with E-state index in [2.05, 4.69) is 20.7 Å². The Kier molecular flexibility index (Phi) is 4.29. The van der Waals surface area contributed by atoms with Gasteiger partial charge in [0.2, 0.25) is 0 Å². The third-order valence-electron chi connectivity index (χ3n) is 1.69. The quantitative estimate of drug-likeness (QED) is 0.761. The average molecular weight is 323 g/mol. The van der Waals surface area contributed by atoms with Gasteiger partial charge in [-0.25, -0.2) is 17.6 Å². The van der Waals surface area contributed by atoms with Crippen LogP contribution in [0, 0.1) is 11.6 Å². The third-order valence-corrected chi connectivity index (χ3v) is 2.15. The van der Waals surface area contributed by atoms with Crippen molar-refractivity contribution in [2.24, 2.45) is 0 Å². The highest BCUT2D eigenvalue weighted by atomic mass is 79.9. The van der Waals surface area contributed by atoms with E-state index in [0.717, 1.165) is 12.1 Å². The monoisotopic (exact) mass is 322 g/mol. The van der Waals surface area contributed by atoms with Gasteiger partial charge in [-0.1, -0.05) is 15.9 Å². The van der Waals surface area contributed by atoms with Gasteiger partial charge in [0.25, 0.3) is 0 Å². The van der Waals surface area contributed by atoms with Gasteiger partial charge in [0.15, 0.2) is 24.0 Å². The van der Waals surface area contributed by atoms with Gasteiger partial charge in [-0.05, 0) is 12.1 Å². The smallest absolute Gasteiger partial charge is 0.340 e. The van der Waals surface area contributed by atoms with E-state index in [4.69, 9.17) is 0 Å². The van der Waals surface area contributed by atoms with E-state index in [9.17, 15) is 26.3 Å². The van der Waals surface area contributed by atoms with E-state index >= 15 is 0 Å². The van der Waals surface area contributed by atoms with E-state index < -0.39 is 36.3 Å². The van der Waals surface area contributed by atoms with Crippen LogP contribution in [0.3, 0.4) is 0 Å². The number of alkyl halides is 4. The van der Waals surface area contributed by atoms with Gasteiger partial charge in [-0.2, -0.15) is 8.78 Å². The highest BCUT2D eigenvalue weighted by Gasteiger charge is 2.42. The van der Waals surface area contributed by atoms with Crippen LogP contribution >= 0.6 is 15.9 Å². The first-order valence-corrected chi connectivity index (χ1v) is 4.96. The summed E-state index contributed by atoms with van der Waals surface area (Å²) >= 11 is 2.76. The molecular weight excluding hydrogens is 318 g/mol. The lowest BCUT2D eigenvalue weighted by Gasteiger charge is -2.16. The summed E-state index contributed by atoms with van der Waals surface area (Å²) < 4.78 is 78.6. The highest BCUT2D eigenvalue weighted by Crippen LogP contribution is 2.29.